The van der Waals surface area contributed by atoms with Crippen molar-refractivity contribution >= 4 is 11.6 Å². The summed E-state index contributed by atoms with van der Waals surface area (Å²) in [7, 11) is 2.03. The number of aryl methyl sites for hydroxylation is 1. The SMILES string of the molecule is CCCNc1cc(N(C)Cc2ccncc2)nc(C)n1. The van der Waals surface area contributed by atoms with Crippen molar-refractivity contribution in [1.29, 1.82) is 0 Å². The molecule has 0 saturated carbocycles. The van der Waals surface area contributed by atoms with Crippen LogP contribution in [0.2, 0.25) is 0 Å². The first-order valence-corrected chi connectivity index (χ1v) is 6.88. The zero-order chi connectivity index (χ0) is 14.4. The minimum atomic E-state index is 0.780. The third-order valence-corrected chi connectivity index (χ3v) is 2.94. The Balaban J connectivity index is 2.12. The molecule has 106 valence electrons. The van der Waals surface area contributed by atoms with Gasteiger partial charge in [-0.15, -0.1) is 0 Å². The summed E-state index contributed by atoms with van der Waals surface area (Å²) in [6, 6.07) is 6.02. The van der Waals surface area contributed by atoms with Crippen molar-refractivity contribution in [2.75, 3.05) is 23.8 Å². The second-order valence-corrected chi connectivity index (χ2v) is 4.80. The van der Waals surface area contributed by atoms with Gasteiger partial charge in [0.15, 0.2) is 0 Å². The van der Waals surface area contributed by atoms with E-state index in [-0.39, 0.29) is 0 Å². The summed E-state index contributed by atoms with van der Waals surface area (Å²) in [5.41, 5.74) is 1.21. The number of hydrogen-bond acceptors (Lipinski definition) is 5. The van der Waals surface area contributed by atoms with Crippen LogP contribution in [0.3, 0.4) is 0 Å². The first-order valence-electron chi connectivity index (χ1n) is 6.88. The van der Waals surface area contributed by atoms with Gasteiger partial charge in [0.05, 0.1) is 0 Å². The minimum Gasteiger partial charge on any atom is -0.370 e. The number of hydrogen-bond donors (Lipinski definition) is 1. The molecule has 0 spiro atoms. The zero-order valence-electron chi connectivity index (χ0n) is 12.3. The van der Waals surface area contributed by atoms with E-state index in [1.54, 1.807) is 0 Å². The fourth-order valence-corrected chi connectivity index (χ4v) is 1.93. The van der Waals surface area contributed by atoms with E-state index < -0.39 is 0 Å². The smallest absolute Gasteiger partial charge is 0.134 e. The molecule has 0 unspecified atom stereocenters. The standard InChI is InChI=1S/C15H21N5/c1-4-7-17-14-10-15(19-12(2)18-14)20(3)11-13-5-8-16-9-6-13/h5-6,8-10H,4,7,11H2,1-3H3,(H,17,18,19). The van der Waals surface area contributed by atoms with Gasteiger partial charge in [-0.1, -0.05) is 6.92 Å². The maximum absolute atomic E-state index is 4.50. The molecule has 2 aromatic heterocycles. The molecule has 5 nitrogen and oxygen atoms in total. The maximum Gasteiger partial charge on any atom is 0.134 e. The summed E-state index contributed by atoms with van der Waals surface area (Å²) in [5.74, 6) is 2.59. The van der Waals surface area contributed by atoms with Crippen LogP contribution in [0.15, 0.2) is 30.6 Å². The van der Waals surface area contributed by atoms with Crippen LogP contribution in [0.5, 0.6) is 0 Å². The summed E-state index contributed by atoms with van der Waals surface area (Å²) in [6.45, 7) is 5.77. The average Bonchev–Trinajstić information content (AvgIpc) is 2.45. The molecule has 5 heteroatoms. The predicted octanol–water partition coefficient (Wildman–Crippen LogP) is 2.64. The van der Waals surface area contributed by atoms with Crippen molar-refractivity contribution in [1.82, 2.24) is 15.0 Å². The molecule has 0 aliphatic heterocycles. The van der Waals surface area contributed by atoms with Crippen LogP contribution in [0.25, 0.3) is 0 Å². The molecule has 0 aliphatic carbocycles. The van der Waals surface area contributed by atoms with E-state index in [0.717, 1.165) is 37.0 Å². The first kappa shape index (κ1) is 14.2. The summed E-state index contributed by atoms with van der Waals surface area (Å²) in [4.78, 5) is 15.0. The number of aromatic nitrogens is 3. The fourth-order valence-electron chi connectivity index (χ4n) is 1.93. The lowest BCUT2D eigenvalue weighted by Crippen LogP contribution is -2.19. The third-order valence-electron chi connectivity index (χ3n) is 2.94. The second kappa shape index (κ2) is 6.84. The molecule has 0 amide bonds. The Morgan fingerprint density at radius 2 is 1.95 bits per heavy atom. The number of nitrogens with one attached hydrogen (secondary N) is 1. The van der Waals surface area contributed by atoms with Crippen LogP contribution in [0.4, 0.5) is 11.6 Å². The van der Waals surface area contributed by atoms with Crippen molar-refractivity contribution in [3.05, 3.63) is 42.0 Å². The van der Waals surface area contributed by atoms with E-state index in [2.05, 4.69) is 32.1 Å². The lowest BCUT2D eigenvalue weighted by atomic mass is 10.2. The zero-order valence-corrected chi connectivity index (χ0v) is 12.3. The van der Waals surface area contributed by atoms with Crippen LogP contribution in [0.1, 0.15) is 24.7 Å². The van der Waals surface area contributed by atoms with Crippen molar-refractivity contribution < 1.29 is 0 Å². The lowest BCUT2D eigenvalue weighted by Gasteiger charge is -2.19. The van der Waals surface area contributed by atoms with E-state index in [0.29, 0.717) is 0 Å². The Morgan fingerprint density at radius 3 is 2.65 bits per heavy atom. The summed E-state index contributed by atoms with van der Waals surface area (Å²) in [6.07, 6.45) is 4.69. The van der Waals surface area contributed by atoms with Gasteiger partial charge in [0.1, 0.15) is 17.5 Å². The monoisotopic (exact) mass is 271 g/mol. The van der Waals surface area contributed by atoms with Crippen molar-refractivity contribution in [3.63, 3.8) is 0 Å². The largest absolute Gasteiger partial charge is 0.370 e. The van der Waals surface area contributed by atoms with E-state index in [1.165, 1.54) is 5.56 Å². The highest BCUT2D eigenvalue weighted by Crippen LogP contribution is 2.16. The van der Waals surface area contributed by atoms with Crippen LogP contribution < -0.4 is 10.2 Å². The van der Waals surface area contributed by atoms with Crippen LogP contribution in [-0.2, 0) is 6.54 Å². The van der Waals surface area contributed by atoms with Crippen molar-refractivity contribution in [3.8, 4) is 0 Å². The normalized spacial score (nSPS) is 10.3. The van der Waals surface area contributed by atoms with E-state index in [4.69, 9.17) is 0 Å². The van der Waals surface area contributed by atoms with E-state index in [1.807, 2.05) is 44.6 Å². The van der Waals surface area contributed by atoms with Gasteiger partial charge in [-0.2, -0.15) is 0 Å². The summed E-state index contributed by atoms with van der Waals surface area (Å²) < 4.78 is 0. The van der Waals surface area contributed by atoms with Gasteiger partial charge >= 0.3 is 0 Å². The Kier molecular flexibility index (Phi) is 4.87. The molecular weight excluding hydrogens is 250 g/mol. The van der Waals surface area contributed by atoms with Crippen molar-refractivity contribution in [2.45, 2.75) is 26.8 Å². The third kappa shape index (κ3) is 3.91. The molecule has 2 heterocycles. The molecule has 0 atom stereocenters. The molecule has 0 saturated heterocycles. The fraction of sp³-hybridized carbons (Fsp3) is 0.400. The molecular formula is C15H21N5. The van der Waals surface area contributed by atoms with Gasteiger partial charge < -0.3 is 10.2 Å². The predicted molar refractivity (Wildman–Crippen MR) is 81.9 cm³/mol. The van der Waals surface area contributed by atoms with Gasteiger partial charge in [-0.05, 0) is 31.0 Å². The molecule has 2 rings (SSSR count). The highest BCUT2D eigenvalue weighted by Gasteiger charge is 2.07. The second-order valence-electron chi connectivity index (χ2n) is 4.80. The first-order chi connectivity index (χ1) is 9.69. The van der Waals surface area contributed by atoms with Gasteiger partial charge in [-0.25, -0.2) is 9.97 Å². The van der Waals surface area contributed by atoms with Gasteiger partial charge in [-0.3, -0.25) is 4.98 Å². The maximum atomic E-state index is 4.50. The molecule has 0 aliphatic rings. The van der Waals surface area contributed by atoms with Gasteiger partial charge in [0.25, 0.3) is 0 Å². The molecule has 0 bridgehead atoms. The molecule has 0 aromatic carbocycles. The quantitative estimate of drug-likeness (QED) is 0.875. The highest BCUT2D eigenvalue weighted by molar-refractivity contribution is 5.49. The molecule has 0 fully saturated rings. The Morgan fingerprint density at radius 1 is 1.20 bits per heavy atom. The number of anilines is 2. The van der Waals surface area contributed by atoms with Crippen LogP contribution in [-0.4, -0.2) is 28.5 Å². The number of rotatable bonds is 6. The summed E-state index contributed by atoms with van der Waals surface area (Å²) in [5, 5.41) is 3.31. The number of pyridine rings is 1. The van der Waals surface area contributed by atoms with Crippen LogP contribution >= 0.6 is 0 Å². The molecule has 2 aromatic rings. The Bertz CT molecular complexity index is 541. The van der Waals surface area contributed by atoms with Crippen molar-refractivity contribution in [2.24, 2.45) is 0 Å². The summed E-state index contributed by atoms with van der Waals surface area (Å²) >= 11 is 0. The Labute approximate surface area is 120 Å². The number of nitrogens with zero attached hydrogens (tertiary/aromatic N) is 4. The highest BCUT2D eigenvalue weighted by atomic mass is 15.2. The topological polar surface area (TPSA) is 53.9 Å². The van der Waals surface area contributed by atoms with E-state index >= 15 is 0 Å². The van der Waals surface area contributed by atoms with Gasteiger partial charge in [0.2, 0.25) is 0 Å². The van der Waals surface area contributed by atoms with E-state index in [9.17, 15) is 0 Å². The molecule has 20 heavy (non-hydrogen) atoms. The minimum absolute atomic E-state index is 0.780. The molecule has 1 N–H and O–H groups in total. The van der Waals surface area contributed by atoms with Gasteiger partial charge in [0, 0.05) is 38.6 Å². The Hall–Kier alpha value is -2.17. The lowest BCUT2D eigenvalue weighted by molar-refractivity contribution is 0.874. The molecule has 0 radical (unpaired) electrons. The van der Waals surface area contributed by atoms with Crippen LogP contribution in [0, 0.1) is 6.92 Å². The average molecular weight is 271 g/mol.